The second kappa shape index (κ2) is 4.68. The van der Waals surface area contributed by atoms with E-state index in [4.69, 9.17) is 17.3 Å². The molecule has 0 radical (unpaired) electrons. The molecule has 1 saturated heterocycles. The van der Waals surface area contributed by atoms with Gasteiger partial charge >= 0.3 is 0 Å². The number of nitrogens with one attached hydrogen (secondary N) is 1. The van der Waals surface area contributed by atoms with Gasteiger partial charge in [-0.05, 0) is 25.5 Å². The predicted octanol–water partition coefficient (Wildman–Crippen LogP) is 1.23. The van der Waals surface area contributed by atoms with Crippen LogP contribution in [0.15, 0.2) is 18.2 Å². The number of sulfone groups is 1. The van der Waals surface area contributed by atoms with E-state index < -0.39 is 21.3 Å². The molecular formula is C12H15ClN2O3S. The van der Waals surface area contributed by atoms with E-state index in [0.717, 1.165) is 0 Å². The quantitative estimate of drug-likeness (QED) is 0.804. The van der Waals surface area contributed by atoms with Crippen LogP contribution in [-0.2, 0) is 9.84 Å². The standard InChI is InChI=1S/C12H15ClN2O3S/c1-12(5-6-19(17,18)7-12)15-11(16)8-3-2-4-9(14)10(8)13/h2-4H,5-7,14H2,1H3,(H,15,16). The van der Waals surface area contributed by atoms with E-state index >= 15 is 0 Å². The van der Waals surface area contributed by atoms with Crippen molar-refractivity contribution in [2.24, 2.45) is 0 Å². The Morgan fingerprint density at radius 1 is 1.47 bits per heavy atom. The highest BCUT2D eigenvalue weighted by Gasteiger charge is 2.39. The van der Waals surface area contributed by atoms with Gasteiger partial charge in [-0.2, -0.15) is 0 Å². The monoisotopic (exact) mass is 302 g/mol. The van der Waals surface area contributed by atoms with Crippen molar-refractivity contribution in [2.45, 2.75) is 18.9 Å². The smallest absolute Gasteiger partial charge is 0.253 e. The summed E-state index contributed by atoms with van der Waals surface area (Å²) in [5.41, 5.74) is 5.46. The van der Waals surface area contributed by atoms with Crippen molar-refractivity contribution in [3.05, 3.63) is 28.8 Å². The average Bonchev–Trinajstić information content (AvgIpc) is 2.56. The molecule has 0 aliphatic carbocycles. The molecule has 1 fully saturated rings. The molecule has 0 spiro atoms. The van der Waals surface area contributed by atoms with E-state index in [0.29, 0.717) is 12.1 Å². The van der Waals surface area contributed by atoms with Gasteiger partial charge in [0.1, 0.15) is 0 Å². The number of carbonyl (C=O) groups excluding carboxylic acids is 1. The summed E-state index contributed by atoms with van der Waals surface area (Å²) in [6, 6.07) is 4.78. The van der Waals surface area contributed by atoms with Crippen LogP contribution in [0.1, 0.15) is 23.7 Å². The average molecular weight is 303 g/mol. The van der Waals surface area contributed by atoms with Gasteiger partial charge in [-0.3, -0.25) is 4.79 Å². The number of nitrogen functional groups attached to an aromatic ring is 1. The molecule has 0 aromatic heterocycles. The van der Waals surface area contributed by atoms with Gasteiger partial charge in [-0.1, -0.05) is 17.7 Å². The van der Waals surface area contributed by atoms with E-state index in [1.807, 2.05) is 0 Å². The molecule has 1 aliphatic rings. The van der Waals surface area contributed by atoms with Crippen LogP contribution in [0, 0.1) is 0 Å². The molecule has 7 heteroatoms. The normalized spacial score (nSPS) is 25.2. The van der Waals surface area contributed by atoms with E-state index in [9.17, 15) is 13.2 Å². The summed E-state index contributed by atoms with van der Waals surface area (Å²) in [4.78, 5) is 12.1. The van der Waals surface area contributed by atoms with Crippen LogP contribution in [0.4, 0.5) is 5.69 Å². The fraction of sp³-hybridized carbons (Fsp3) is 0.417. The Morgan fingerprint density at radius 2 is 2.16 bits per heavy atom. The summed E-state index contributed by atoms with van der Waals surface area (Å²) in [6.07, 6.45) is 0.404. The van der Waals surface area contributed by atoms with Gasteiger partial charge in [-0.25, -0.2) is 8.42 Å². The number of carbonyl (C=O) groups is 1. The van der Waals surface area contributed by atoms with Gasteiger partial charge in [-0.15, -0.1) is 0 Å². The molecule has 1 aromatic rings. The molecule has 2 rings (SSSR count). The molecule has 0 saturated carbocycles. The Hall–Kier alpha value is -1.27. The Balaban J connectivity index is 2.21. The number of hydrogen-bond acceptors (Lipinski definition) is 4. The second-order valence-corrected chi connectivity index (χ2v) is 7.63. The van der Waals surface area contributed by atoms with Crippen molar-refractivity contribution in [1.82, 2.24) is 5.32 Å². The van der Waals surface area contributed by atoms with Crippen LogP contribution < -0.4 is 11.1 Å². The van der Waals surface area contributed by atoms with Crippen molar-refractivity contribution in [3.8, 4) is 0 Å². The number of halogens is 1. The molecule has 3 N–H and O–H groups in total. The van der Waals surface area contributed by atoms with Crippen LogP contribution in [0.25, 0.3) is 0 Å². The largest absolute Gasteiger partial charge is 0.398 e. The molecule has 0 bridgehead atoms. The third-order valence-corrected chi connectivity index (χ3v) is 5.52. The molecule has 1 unspecified atom stereocenters. The van der Waals surface area contributed by atoms with Gasteiger partial charge in [0, 0.05) is 0 Å². The van der Waals surface area contributed by atoms with Crippen molar-refractivity contribution < 1.29 is 13.2 Å². The first kappa shape index (κ1) is 14.1. The van der Waals surface area contributed by atoms with Crippen molar-refractivity contribution >= 4 is 33.0 Å². The zero-order valence-electron chi connectivity index (χ0n) is 10.4. The molecular weight excluding hydrogens is 288 g/mol. The predicted molar refractivity (Wildman–Crippen MR) is 75.0 cm³/mol. The highest BCUT2D eigenvalue weighted by atomic mass is 35.5. The molecule has 1 aromatic carbocycles. The topological polar surface area (TPSA) is 89.3 Å². The van der Waals surface area contributed by atoms with Gasteiger partial charge in [0.15, 0.2) is 9.84 Å². The van der Waals surface area contributed by atoms with Gasteiger partial charge in [0.2, 0.25) is 0 Å². The zero-order valence-corrected chi connectivity index (χ0v) is 12.0. The Labute approximate surface area is 117 Å². The van der Waals surface area contributed by atoms with Crippen LogP contribution in [0.2, 0.25) is 5.02 Å². The summed E-state index contributed by atoms with van der Waals surface area (Å²) in [5, 5.41) is 2.92. The zero-order chi connectivity index (χ0) is 14.3. The number of amides is 1. The third-order valence-electron chi connectivity index (χ3n) is 3.19. The molecule has 1 heterocycles. The fourth-order valence-corrected chi connectivity index (χ4v) is 4.48. The Kier molecular flexibility index (Phi) is 3.49. The van der Waals surface area contributed by atoms with E-state index in [-0.39, 0.29) is 22.1 Å². The Bertz CT molecular complexity index is 630. The maximum atomic E-state index is 12.1. The number of hydrogen-bond donors (Lipinski definition) is 2. The molecule has 1 atom stereocenters. The van der Waals surface area contributed by atoms with E-state index in [2.05, 4.69) is 5.32 Å². The fourth-order valence-electron chi connectivity index (χ4n) is 2.18. The maximum absolute atomic E-state index is 12.1. The minimum Gasteiger partial charge on any atom is -0.398 e. The molecule has 1 aliphatic heterocycles. The van der Waals surface area contributed by atoms with Gasteiger partial charge in [0.05, 0.1) is 33.3 Å². The van der Waals surface area contributed by atoms with E-state index in [1.165, 1.54) is 0 Å². The van der Waals surface area contributed by atoms with Crippen molar-refractivity contribution in [3.63, 3.8) is 0 Å². The lowest BCUT2D eigenvalue weighted by atomic mass is 10.0. The number of anilines is 1. The number of benzene rings is 1. The summed E-state index contributed by atoms with van der Waals surface area (Å²) in [7, 11) is -3.07. The summed E-state index contributed by atoms with van der Waals surface area (Å²) < 4.78 is 23.0. The third kappa shape index (κ3) is 3.01. The minimum absolute atomic E-state index is 0.0499. The van der Waals surface area contributed by atoms with Gasteiger partial charge in [0.25, 0.3) is 5.91 Å². The number of nitrogens with two attached hydrogens (primary N) is 1. The van der Waals surface area contributed by atoms with E-state index in [1.54, 1.807) is 25.1 Å². The lowest BCUT2D eigenvalue weighted by molar-refractivity contribution is 0.0915. The van der Waals surface area contributed by atoms with Crippen molar-refractivity contribution in [1.29, 1.82) is 0 Å². The molecule has 5 nitrogen and oxygen atoms in total. The first-order valence-electron chi connectivity index (χ1n) is 5.79. The summed E-state index contributed by atoms with van der Waals surface area (Å²) in [6.45, 7) is 1.72. The maximum Gasteiger partial charge on any atom is 0.253 e. The van der Waals surface area contributed by atoms with Crippen LogP contribution >= 0.6 is 11.6 Å². The number of rotatable bonds is 2. The van der Waals surface area contributed by atoms with Crippen molar-refractivity contribution in [2.75, 3.05) is 17.2 Å². The molecule has 1 amide bonds. The minimum atomic E-state index is -3.07. The first-order chi connectivity index (χ1) is 8.72. The summed E-state index contributed by atoms with van der Waals surface area (Å²) >= 11 is 5.97. The SMILES string of the molecule is CC1(NC(=O)c2cccc(N)c2Cl)CCS(=O)(=O)C1. The second-order valence-electron chi connectivity index (χ2n) is 5.07. The molecule has 104 valence electrons. The molecule has 19 heavy (non-hydrogen) atoms. The first-order valence-corrected chi connectivity index (χ1v) is 7.99. The lowest BCUT2D eigenvalue weighted by Crippen LogP contribution is -2.47. The van der Waals surface area contributed by atoms with Gasteiger partial charge < -0.3 is 11.1 Å². The Morgan fingerprint density at radius 3 is 2.74 bits per heavy atom. The van der Waals surface area contributed by atoms with Crippen LogP contribution in [0.3, 0.4) is 0 Å². The lowest BCUT2D eigenvalue weighted by Gasteiger charge is -2.24. The highest BCUT2D eigenvalue weighted by Crippen LogP contribution is 2.26. The highest BCUT2D eigenvalue weighted by molar-refractivity contribution is 7.91. The van der Waals surface area contributed by atoms with Crippen LogP contribution in [0.5, 0.6) is 0 Å². The van der Waals surface area contributed by atoms with Crippen LogP contribution in [-0.4, -0.2) is 31.4 Å². The summed E-state index contributed by atoms with van der Waals surface area (Å²) in [5.74, 6) is -0.364.